The van der Waals surface area contributed by atoms with Gasteiger partial charge in [0.1, 0.15) is 5.51 Å². The van der Waals surface area contributed by atoms with E-state index < -0.39 is 0 Å². The van der Waals surface area contributed by atoms with Gasteiger partial charge in [-0.15, -0.1) is 0 Å². The lowest BCUT2D eigenvalue weighted by molar-refractivity contribution is 1.11. The van der Waals surface area contributed by atoms with E-state index in [1.165, 1.54) is 11.5 Å². The maximum atomic E-state index is 4.24. The third-order valence-electron chi connectivity index (χ3n) is 1.37. The number of aromatic nitrogens is 2. The Bertz CT molecular complexity index is 385. The molecule has 1 aromatic carbocycles. The predicted octanol–water partition coefficient (Wildman–Crippen LogP) is 1.70. The zero-order valence-electron chi connectivity index (χ0n) is 6.27. The normalized spacial score (nSPS) is 11.8. The molecule has 0 saturated carbocycles. The van der Waals surface area contributed by atoms with E-state index in [-0.39, 0.29) is 0 Å². The SMILES string of the molecule is c1ccc(N=c2ncs[nH]2)cc1. The van der Waals surface area contributed by atoms with Gasteiger partial charge >= 0.3 is 0 Å². The van der Waals surface area contributed by atoms with Crippen LogP contribution in [0, 0.1) is 0 Å². The summed E-state index contributed by atoms with van der Waals surface area (Å²) in [5.41, 5.74) is 3.30. The molecule has 1 N–H and O–H groups in total. The van der Waals surface area contributed by atoms with Gasteiger partial charge in [0.25, 0.3) is 0 Å². The van der Waals surface area contributed by atoms with E-state index in [1.54, 1.807) is 5.51 Å². The molecule has 0 amide bonds. The number of aromatic amines is 1. The largest absolute Gasteiger partial charge is 0.278 e. The Hall–Kier alpha value is -1.42. The second-order valence-corrected chi connectivity index (χ2v) is 2.88. The average Bonchev–Trinajstić information content (AvgIpc) is 2.59. The van der Waals surface area contributed by atoms with Crippen molar-refractivity contribution in [3.63, 3.8) is 0 Å². The van der Waals surface area contributed by atoms with Gasteiger partial charge in [0, 0.05) is 0 Å². The second-order valence-electron chi connectivity index (χ2n) is 2.23. The van der Waals surface area contributed by atoms with Crippen LogP contribution < -0.4 is 5.62 Å². The van der Waals surface area contributed by atoms with Crippen LogP contribution in [0.1, 0.15) is 0 Å². The fraction of sp³-hybridized carbons (Fsp3) is 0. The molecule has 12 heavy (non-hydrogen) atoms. The van der Waals surface area contributed by atoms with Crippen molar-refractivity contribution in [2.75, 3.05) is 0 Å². The molecular weight excluding hydrogens is 170 g/mol. The minimum absolute atomic E-state index is 0.659. The van der Waals surface area contributed by atoms with Crippen LogP contribution in [0.4, 0.5) is 5.69 Å². The molecule has 0 spiro atoms. The van der Waals surface area contributed by atoms with Gasteiger partial charge in [0.05, 0.1) is 5.69 Å². The molecule has 1 aromatic heterocycles. The van der Waals surface area contributed by atoms with Crippen LogP contribution in [0.3, 0.4) is 0 Å². The quantitative estimate of drug-likeness (QED) is 0.707. The van der Waals surface area contributed by atoms with Crippen LogP contribution in [-0.4, -0.2) is 9.36 Å². The van der Waals surface area contributed by atoms with E-state index in [0.29, 0.717) is 5.62 Å². The van der Waals surface area contributed by atoms with Gasteiger partial charge in [-0.1, -0.05) is 18.2 Å². The molecule has 4 heteroatoms. The number of H-pyrrole nitrogens is 1. The maximum absolute atomic E-state index is 4.24. The lowest BCUT2D eigenvalue weighted by Gasteiger charge is -1.86. The van der Waals surface area contributed by atoms with Crippen LogP contribution in [0.25, 0.3) is 0 Å². The smallest absolute Gasteiger partial charge is 0.237 e. The molecule has 0 aliphatic heterocycles. The van der Waals surface area contributed by atoms with Gasteiger partial charge in [-0.05, 0) is 23.7 Å². The van der Waals surface area contributed by atoms with Gasteiger partial charge in [-0.25, -0.2) is 9.98 Å². The number of benzene rings is 1. The third-order valence-corrected chi connectivity index (χ3v) is 1.88. The number of nitrogens with zero attached hydrogens (tertiary/aromatic N) is 2. The Balaban J connectivity index is 2.42. The zero-order valence-corrected chi connectivity index (χ0v) is 7.08. The van der Waals surface area contributed by atoms with E-state index in [0.717, 1.165) is 5.69 Å². The first kappa shape index (κ1) is 7.24. The van der Waals surface area contributed by atoms with Crippen LogP contribution in [0.15, 0.2) is 40.8 Å². The zero-order chi connectivity index (χ0) is 8.23. The second kappa shape index (κ2) is 3.32. The lowest BCUT2D eigenvalue weighted by atomic mass is 10.3. The van der Waals surface area contributed by atoms with Crippen molar-refractivity contribution in [3.8, 4) is 0 Å². The molecule has 0 radical (unpaired) electrons. The number of hydrogen-bond donors (Lipinski definition) is 1. The van der Waals surface area contributed by atoms with Crippen LogP contribution in [0.5, 0.6) is 0 Å². The Morgan fingerprint density at radius 3 is 2.75 bits per heavy atom. The highest BCUT2D eigenvalue weighted by atomic mass is 32.1. The Morgan fingerprint density at radius 2 is 2.08 bits per heavy atom. The van der Waals surface area contributed by atoms with Crippen molar-refractivity contribution in [1.29, 1.82) is 0 Å². The summed E-state index contributed by atoms with van der Waals surface area (Å²) in [5.74, 6) is 0. The van der Waals surface area contributed by atoms with Gasteiger partial charge in [-0.3, -0.25) is 4.37 Å². The maximum Gasteiger partial charge on any atom is 0.237 e. The molecular formula is C8H7N3S. The molecule has 3 nitrogen and oxygen atoms in total. The van der Waals surface area contributed by atoms with Gasteiger partial charge < -0.3 is 0 Å². The van der Waals surface area contributed by atoms with Crippen molar-refractivity contribution in [3.05, 3.63) is 41.5 Å². The van der Waals surface area contributed by atoms with Gasteiger partial charge in [0.15, 0.2) is 0 Å². The van der Waals surface area contributed by atoms with Crippen molar-refractivity contribution >= 4 is 17.2 Å². The minimum Gasteiger partial charge on any atom is -0.278 e. The van der Waals surface area contributed by atoms with Crippen LogP contribution >= 0.6 is 11.5 Å². The van der Waals surface area contributed by atoms with E-state index in [4.69, 9.17) is 0 Å². The Kier molecular flexibility index (Phi) is 2.00. The molecule has 0 bridgehead atoms. The molecule has 2 aromatic rings. The molecule has 0 unspecified atom stereocenters. The summed E-state index contributed by atoms with van der Waals surface area (Å²) in [6.07, 6.45) is 0. The number of rotatable bonds is 1. The summed E-state index contributed by atoms with van der Waals surface area (Å²) in [6, 6.07) is 9.74. The first-order valence-electron chi connectivity index (χ1n) is 3.53. The molecule has 60 valence electrons. The molecule has 0 aliphatic carbocycles. The topological polar surface area (TPSA) is 41.0 Å². The van der Waals surface area contributed by atoms with Gasteiger partial charge in [0.2, 0.25) is 5.62 Å². The summed E-state index contributed by atoms with van der Waals surface area (Å²) in [4.78, 5) is 8.25. The fourth-order valence-corrected chi connectivity index (χ4v) is 1.27. The first-order chi connectivity index (χ1) is 5.95. The van der Waals surface area contributed by atoms with E-state index in [9.17, 15) is 0 Å². The molecule has 0 aliphatic rings. The number of hydrogen-bond acceptors (Lipinski definition) is 3. The average molecular weight is 177 g/mol. The lowest BCUT2D eigenvalue weighted by Crippen LogP contribution is -2.02. The van der Waals surface area contributed by atoms with Crippen molar-refractivity contribution < 1.29 is 0 Å². The van der Waals surface area contributed by atoms with Gasteiger partial charge in [-0.2, -0.15) is 0 Å². The van der Waals surface area contributed by atoms with E-state index >= 15 is 0 Å². The highest BCUT2D eigenvalue weighted by Crippen LogP contribution is 2.07. The molecule has 0 atom stereocenters. The highest BCUT2D eigenvalue weighted by molar-refractivity contribution is 7.03. The third kappa shape index (κ3) is 1.60. The highest BCUT2D eigenvalue weighted by Gasteiger charge is 1.85. The number of nitrogens with one attached hydrogen (secondary N) is 1. The molecule has 2 rings (SSSR count). The molecule has 0 saturated heterocycles. The van der Waals surface area contributed by atoms with E-state index in [2.05, 4.69) is 14.3 Å². The van der Waals surface area contributed by atoms with Crippen molar-refractivity contribution in [2.24, 2.45) is 4.99 Å². The molecule has 0 fully saturated rings. The summed E-state index contributed by atoms with van der Waals surface area (Å²) < 4.78 is 2.95. The van der Waals surface area contributed by atoms with Crippen LogP contribution in [-0.2, 0) is 0 Å². The number of para-hydroxylation sites is 1. The monoisotopic (exact) mass is 177 g/mol. The summed E-state index contributed by atoms with van der Waals surface area (Å²) in [5, 5.41) is 0. The predicted molar refractivity (Wildman–Crippen MR) is 48.1 cm³/mol. The standard InChI is InChI=1S/C8H7N3S/c1-2-4-7(5-3-1)10-8-9-6-12-11-8/h1-6H,(H,10,11). The summed E-state index contributed by atoms with van der Waals surface area (Å²) >= 11 is 1.43. The molecule has 1 heterocycles. The Morgan fingerprint density at radius 1 is 1.25 bits per heavy atom. The van der Waals surface area contributed by atoms with Crippen molar-refractivity contribution in [2.45, 2.75) is 0 Å². The van der Waals surface area contributed by atoms with E-state index in [1.807, 2.05) is 30.3 Å². The van der Waals surface area contributed by atoms with Crippen LogP contribution in [0.2, 0.25) is 0 Å². The van der Waals surface area contributed by atoms with Crippen molar-refractivity contribution in [1.82, 2.24) is 9.36 Å². The Labute approximate surface area is 73.6 Å². The minimum atomic E-state index is 0.659. The summed E-state index contributed by atoms with van der Waals surface area (Å²) in [6.45, 7) is 0. The fourth-order valence-electron chi connectivity index (χ4n) is 0.858. The summed E-state index contributed by atoms with van der Waals surface area (Å²) in [7, 11) is 0. The first-order valence-corrected chi connectivity index (χ1v) is 4.41.